The first kappa shape index (κ1) is 13.0. The average Bonchev–Trinajstić information content (AvgIpc) is 2.68. The zero-order valence-corrected chi connectivity index (χ0v) is 10.9. The minimum atomic E-state index is 0.113. The van der Waals surface area contributed by atoms with Gasteiger partial charge in [0.2, 0.25) is 5.91 Å². The van der Waals surface area contributed by atoms with E-state index >= 15 is 0 Å². The van der Waals surface area contributed by atoms with Crippen molar-refractivity contribution in [3.8, 4) is 0 Å². The molecular formula is C11H20BrNO2. The molecule has 0 aromatic heterocycles. The monoisotopic (exact) mass is 277 g/mol. The summed E-state index contributed by atoms with van der Waals surface area (Å²) < 4.78 is 5.41. The molecule has 1 rings (SSSR count). The smallest absolute Gasteiger partial charge is 0.222 e. The van der Waals surface area contributed by atoms with Crippen LogP contribution in [0.25, 0.3) is 0 Å². The zero-order valence-electron chi connectivity index (χ0n) is 9.30. The topological polar surface area (TPSA) is 38.3 Å². The van der Waals surface area contributed by atoms with Crippen molar-refractivity contribution >= 4 is 21.8 Å². The molecule has 0 bridgehead atoms. The van der Waals surface area contributed by atoms with E-state index in [-0.39, 0.29) is 12.0 Å². The van der Waals surface area contributed by atoms with Crippen molar-refractivity contribution in [1.29, 1.82) is 0 Å². The van der Waals surface area contributed by atoms with Crippen molar-refractivity contribution < 1.29 is 9.53 Å². The van der Waals surface area contributed by atoms with Crippen molar-refractivity contribution in [2.45, 2.75) is 50.0 Å². The van der Waals surface area contributed by atoms with Crippen molar-refractivity contribution in [2.75, 3.05) is 13.2 Å². The summed E-state index contributed by atoms with van der Waals surface area (Å²) in [5.41, 5.74) is 0. The van der Waals surface area contributed by atoms with Crippen LogP contribution < -0.4 is 5.32 Å². The number of hydrogen-bond acceptors (Lipinski definition) is 2. The molecule has 4 heteroatoms. The molecule has 1 heterocycles. The molecule has 2 unspecified atom stereocenters. The number of rotatable bonds is 6. The summed E-state index contributed by atoms with van der Waals surface area (Å²) in [6.07, 6.45) is 5.03. The van der Waals surface area contributed by atoms with Crippen LogP contribution in [-0.2, 0) is 9.53 Å². The Labute approximate surface area is 100 Å². The van der Waals surface area contributed by atoms with E-state index < -0.39 is 0 Å². The third-order valence-corrected chi connectivity index (χ3v) is 3.34. The van der Waals surface area contributed by atoms with Crippen LogP contribution in [0.3, 0.4) is 0 Å². The normalized spacial score (nSPS) is 22.7. The van der Waals surface area contributed by atoms with Gasteiger partial charge in [-0.05, 0) is 19.3 Å². The van der Waals surface area contributed by atoms with Gasteiger partial charge in [0.05, 0.1) is 12.5 Å². The summed E-state index contributed by atoms with van der Waals surface area (Å²) >= 11 is 3.53. The average molecular weight is 278 g/mol. The highest BCUT2D eigenvalue weighted by atomic mass is 79.9. The molecular weight excluding hydrogens is 258 g/mol. The van der Waals surface area contributed by atoms with Gasteiger partial charge in [0.15, 0.2) is 0 Å². The van der Waals surface area contributed by atoms with Crippen LogP contribution in [0.5, 0.6) is 0 Å². The molecule has 0 saturated carbocycles. The Balaban J connectivity index is 2.07. The van der Waals surface area contributed by atoms with Crippen LogP contribution in [0, 0.1) is 0 Å². The number of alkyl halides is 1. The van der Waals surface area contributed by atoms with Crippen LogP contribution in [0.15, 0.2) is 0 Å². The van der Waals surface area contributed by atoms with E-state index in [0.717, 1.165) is 38.8 Å². The van der Waals surface area contributed by atoms with E-state index in [1.165, 1.54) is 0 Å². The molecule has 1 saturated heterocycles. The lowest BCUT2D eigenvalue weighted by atomic mass is 10.2. The minimum absolute atomic E-state index is 0.113. The molecule has 1 fully saturated rings. The summed E-state index contributed by atoms with van der Waals surface area (Å²) in [6, 6.07) is 0. The molecule has 0 aliphatic carbocycles. The number of nitrogens with one attached hydrogen (secondary N) is 1. The van der Waals surface area contributed by atoms with Gasteiger partial charge >= 0.3 is 0 Å². The first-order chi connectivity index (χ1) is 7.22. The molecule has 88 valence electrons. The second-order valence-corrected chi connectivity index (χ2v) is 5.32. The molecule has 0 aromatic carbocycles. The third kappa shape index (κ3) is 5.52. The third-order valence-electron chi connectivity index (χ3n) is 2.56. The number of hydrogen-bond donors (Lipinski definition) is 1. The van der Waals surface area contributed by atoms with Crippen LogP contribution in [0.4, 0.5) is 0 Å². The highest BCUT2D eigenvalue weighted by Gasteiger charge is 2.19. The summed E-state index contributed by atoms with van der Waals surface area (Å²) in [6.45, 7) is 3.68. The Hall–Kier alpha value is -0.0900. The Morgan fingerprint density at radius 1 is 1.67 bits per heavy atom. The van der Waals surface area contributed by atoms with Gasteiger partial charge in [0, 0.05) is 18.0 Å². The fraction of sp³-hybridized carbons (Fsp3) is 0.909. The Morgan fingerprint density at radius 2 is 2.47 bits per heavy atom. The highest BCUT2D eigenvalue weighted by Crippen LogP contribution is 2.15. The second-order valence-electron chi connectivity index (χ2n) is 4.03. The van der Waals surface area contributed by atoms with Gasteiger partial charge in [-0.2, -0.15) is 0 Å². The first-order valence-corrected chi connectivity index (χ1v) is 6.66. The lowest BCUT2D eigenvalue weighted by Crippen LogP contribution is -2.31. The zero-order chi connectivity index (χ0) is 11.1. The van der Waals surface area contributed by atoms with E-state index in [4.69, 9.17) is 4.74 Å². The number of halogens is 1. The van der Waals surface area contributed by atoms with Gasteiger partial charge in [-0.3, -0.25) is 4.79 Å². The lowest BCUT2D eigenvalue weighted by molar-refractivity contribution is -0.123. The first-order valence-electron chi connectivity index (χ1n) is 5.74. The Bertz CT molecular complexity index is 193. The van der Waals surface area contributed by atoms with E-state index in [1.54, 1.807) is 0 Å². The van der Waals surface area contributed by atoms with Crippen LogP contribution >= 0.6 is 15.9 Å². The van der Waals surface area contributed by atoms with Crippen molar-refractivity contribution in [1.82, 2.24) is 5.32 Å². The van der Waals surface area contributed by atoms with Crippen LogP contribution in [0.2, 0.25) is 0 Å². The summed E-state index contributed by atoms with van der Waals surface area (Å²) in [7, 11) is 0. The fourth-order valence-electron chi connectivity index (χ4n) is 1.72. The molecule has 1 N–H and O–H groups in total. The fourth-order valence-corrected chi connectivity index (χ4v) is 2.34. The van der Waals surface area contributed by atoms with Gasteiger partial charge < -0.3 is 10.1 Å². The van der Waals surface area contributed by atoms with Crippen LogP contribution in [-0.4, -0.2) is 30.0 Å². The molecule has 1 aliphatic heterocycles. The predicted octanol–water partition coefficient (Wildman–Crippen LogP) is 2.24. The molecule has 1 aliphatic rings. The van der Waals surface area contributed by atoms with Crippen LogP contribution in [0.1, 0.15) is 39.0 Å². The van der Waals surface area contributed by atoms with Crippen molar-refractivity contribution in [2.24, 2.45) is 0 Å². The summed E-state index contributed by atoms with van der Waals surface area (Å²) in [4.78, 5) is 11.9. The van der Waals surface area contributed by atoms with Gasteiger partial charge in [-0.1, -0.05) is 29.3 Å². The molecule has 1 amide bonds. The Kier molecular flexibility index (Phi) is 6.25. The van der Waals surface area contributed by atoms with Gasteiger partial charge in [-0.25, -0.2) is 0 Å². The predicted molar refractivity (Wildman–Crippen MR) is 64.2 cm³/mol. The van der Waals surface area contributed by atoms with Gasteiger partial charge in [0.1, 0.15) is 0 Å². The Morgan fingerprint density at radius 3 is 3.07 bits per heavy atom. The molecule has 0 radical (unpaired) electrons. The minimum Gasteiger partial charge on any atom is -0.378 e. The quantitative estimate of drug-likeness (QED) is 0.757. The molecule has 3 nitrogen and oxygen atoms in total. The standard InChI is InChI=1S/C11H20BrNO2/c1-2-4-9(12)8-13-11(14)7-10-5-3-6-15-10/h9-10H,2-8H2,1H3,(H,13,14). The lowest BCUT2D eigenvalue weighted by Gasteiger charge is -2.12. The van der Waals surface area contributed by atoms with E-state index in [1.807, 2.05) is 0 Å². The molecule has 2 atom stereocenters. The largest absolute Gasteiger partial charge is 0.378 e. The van der Waals surface area contributed by atoms with E-state index in [0.29, 0.717) is 11.2 Å². The van der Waals surface area contributed by atoms with E-state index in [9.17, 15) is 4.79 Å². The summed E-state index contributed by atoms with van der Waals surface area (Å²) in [5.74, 6) is 0.113. The van der Waals surface area contributed by atoms with Gasteiger partial charge in [-0.15, -0.1) is 0 Å². The second kappa shape index (κ2) is 7.23. The van der Waals surface area contributed by atoms with E-state index in [2.05, 4.69) is 28.2 Å². The number of ether oxygens (including phenoxy) is 1. The molecule has 15 heavy (non-hydrogen) atoms. The SMILES string of the molecule is CCCC(Br)CNC(=O)CC1CCCO1. The van der Waals surface area contributed by atoms with Gasteiger partial charge in [0.25, 0.3) is 0 Å². The number of amides is 1. The summed E-state index contributed by atoms with van der Waals surface area (Å²) in [5, 5.41) is 2.93. The highest BCUT2D eigenvalue weighted by molar-refractivity contribution is 9.09. The molecule has 0 spiro atoms. The maximum atomic E-state index is 11.5. The molecule has 0 aromatic rings. The maximum Gasteiger partial charge on any atom is 0.222 e. The number of carbonyl (C=O) groups is 1. The van der Waals surface area contributed by atoms with Crippen molar-refractivity contribution in [3.05, 3.63) is 0 Å². The van der Waals surface area contributed by atoms with Crippen molar-refractivity contribution in [3.63, 3.8) is 0 Å². The number of carbonyl (C=O) groups excluding carboxylic acids is 1. The maximum absolute atomic E-state index is 11.5.